The maximum Gasteiger partial charge on any atom is 0.170 e. The zero-order valence-corrected chi connectivity index (χ0v) is 9.08. The summed E-state index contributed by atoms with van der Waals surface area (Å²) in [5, 5.41) is 8.58. The maximum absolute atomic E-state index is 8.58. The van der Waals surface area contributed by atoms with Gasteiger partial charge in [-0.2, -0.15) is 5.26 Å². The second-order valence-corrected chi connectivity index (χ2v) is 3.86. The summed E-state index contributed by atoms with van der Waals surface area (Å²) in [5.74, 6) is -0.0411. The lowest BCUT2D eigenvalue weighted by molar-refractivity contribution is -0.255. The first kappa shape index (κ1) is 11.5. The van der Waals surface area contributed by atoms with E-state index in [2.05, 4.69) is 6.07 Å². The zero-order valence-electron chi connectivity index (χ0n) is 9.08. The summed E-state index contributed by atoms with van der Waals surface area (Å²) < 4.78 is 11.0. The van der Waals surface area contributed by atoms with Crippen LogP contribution in [0.2, 0.25) is 0 Å². The van der Waals surface area contributed by atoms with Crippen LogP contribution in [-0.4, -0.2) is 20.0 Å². The average molecular weight is 197 g/mol. The lowest BCUT2D eigenvalue weighted by Crippen LogP contribution is -2.44. The first-order valence-electron chi connectivity index (χ1n) is 5.26. The molecule has 0 bridgehead atoms. The second kappa shape index (κ2) is 5.33. The van der Waals surface area contributed by atoms with Crippen molar-refractivity contribution in [1.29, 1.82) is 5.26 Å². The molecule has 0 heterocycles. The molecule has 1 atom stereocenters. The summed E-state index contributed by atoms with van der Waals surface area (Å²) in [4.78, 5) is 0. The minimum atomic E-state index is -0.422. The molecule has 1 aliphatic rings. The molecule has 0 aromatic carbocycles. The van der Waals surface area contributed by atoms with Gasteiger partial charge in [0.05, 0.1) is 6.07 Å². The summed E-state index contributed by atoms with van der Waals surface area (Å²) in [5.41, 5.74) is 0. The number of ether oxygens (including phenoxy) is 2. The van der Waals surface area contributed by atoms with Crippen LogP contribution >= 0.6 is 0 Å². The van der Waals surface area contributed by atoms with E-state index in [4.69, 9.17) is 14.7 Å². The molecule has 3 nitrogen and oxygen atoms in total. The van der Waals surface area contributed by atoms with Crippen LogP contribution in [0.25, 0.3) is 0 Å². The summed E-state index contributed by atoms with van der Waals surface area (Å²) in [6, 6.07) is 2.19. The van der Waals surface area contributed by atoms with Crippen molar-refractivity contribution in [3.8, 4) is 6.07 Å². The number of hydrogen-bond acceptors (Lipinski definition) is 3. The molecule has 0 amide bonds. The van der Waals surface area contributed by atoms with E-state index in [-0.39, 0.29) is 0 Å². The van der Waals surface area contributed by atoms with Gasteiger partial charge in [-0.05, 0) is 19.3 Å². The third kappa shape index (κ3) is 2.26. The van der Waals surface area contributed by atoms with Crippen LogP contribution in [0.3, 0.4) is 0 Å². The van der Waals surface area contributed by atoms with Crippen LogP contribution in [0.5, 0.6) is 0 Å². The summed E-state index contributed by atoms with van der Waals surface area (Å²) in [6.07, 6.45) is 5.94. The fraction of sp³-hybridized carbons (Fsp3) is 0.909. The van der Waals surface area contributed by atoms with E-state index < -0.39 is 5.79 Å². The largest absolute Gasteiger partial charge is 0.353 e. The van der Waals surface area contributed by atoms with Gasteiger partial charge in [-0.15, -0.1) is 0 Å². The van der Waals surface area contributed by atoms with Crippen molar-refractivity contribution in [2.75, 3.05) is 14.2 Å². The lowest BCUT2D eigenvalue weighted by atomic mass is 9.80. The van der Waals surface area contributed by atoms with E-state index in [0.717, 1.165) is 25.7 Å². The molecule has 0 aromatic heterocycles. The fourth-order valence-corrected chi connectivity index (χ4v) is 2.41. The predicted molar refractivity (Wildman–Crippen MR) is 53.6 cm³/mol. The van der Waals surface area contributed by atoms with Crippen molar-refractivity contribution in [1.82, 2.24) is 0 Å². The van der Waals surface area contributed by atoms with Crippen molar-refractivity contribution >= 4 is 0 Å². The molecule has 1 aliphatic carbocycles. The molecule has 0 aromatic rings. The van der Waals surface area contributed by atoms with Crippen molar-refractivity contribution in [3.63, 3.8) is 0 Å². The molecule has 0 saturated heterocycles. The molecule has 3 heteroatoms. The molecule has 14 heavy (non-hydrogen) atoms. The van der Waals surface area contributed by atoms with E-state index in [1.54, 1.807) is 14.2 Å². The standard InChI is InChI=1S/C11H19NO2/c1-13-11(14-2)8-4-3-6-10(11)7-5-9-12/h10H,3-8H2,1-2H3. The van der Waals surface area contributed by atoms with Crippen molar-refractivity contribution in [2.45, 2.75) is 44.3 Å². The highest BCUT2D eigenvalue weighted by molar-refractivity contribution is 4.86. The maximum atomic E-state index is 8.58. The third-order valence-corrected chi connectivity index (χ3v) is 3.25. The molecule has 80 valence electrons. The van der Waals surface area contributed by atoms with Crippen LogP contribution < -0.4 is 0 Å². The molecule has 1 rings (SSSR count). The topological polar surface area (TPSA) is 42.2 Å². The number of nitriles is 1. The number of rotatable bonds is 4. The highest BCUT2D eigenvalue weighted by Gasteiger charge is 2.40. The molecule has 1 unspecified atom stereocenters. The van der Waals surface area contributed by atoms with Gasteiger partial charge < -0.3 is 9.47 Å². The zero-order chi connectivity index (χ0) is 10.4. The highest BCUT2D eigenvalue weighted by atomic mass is 16.7. The first-order chi connectivity index (χ1) is 6.79. The SMILES string of the molecule is COC1(OC)CCCCC1CCC#N. The summed E-state index contributed by atoms with van der Waals surface area (Å²) >= 11 is 0. The molecular formula is C11H19NO2. The minimum Gasteiger partial charge on any atom is -0.353 e. The third-order valence-electron chi connectivity index (χ3n) is 3.25. The molecule has 0 aliphatic heterocycles. The van der Waals surface area contributed by atoms with Gasteiger partial charge in [0, 0.05) is 33.0 Å². The van der Waals surface area contributed by atoms with Crippen LogP contribution in [0.4, 0.5) is 0 Å². The Morgan fingerprint density at radius 3 is 2.64 bits per heavy atom. The smallest absolute Gasteiger partial charge is 0.170 e. The van der Waals surface area contributed by atoms with Crippen molar-refractivity contribution in [3.05, 3.63) is 0 Å². The van der Waals surface area contributed by atoms with Crippen molar-refractivity contribution < 1.29 is 9.47 Å². The van der Waals surface area contributed by atoms with Gasteiger partial charge >= 0.3 is 0 Å². The van der Waals surface area contributed by atoms with E-state index in [9.17, 15) is 0 Å². The van der Waals surface area contributed by atoms with Gasteiger partial charge in [-0.1, -0.05) is 6.42 Å². The molecule has 1 fully saturated rings. The first-order valence-corrected chi connectivity index (χ1v) is 5.26. The average Bonchev–Trinajstić information content (AvgIpc) is 2.26. The predicted octanol–water partition coefficient (Wildman–Crippen LogP) is 2.47. The summed E-state index contributed by atoms with van der Waals surface area (Å²) in [6.45, 7) is 0. The van der Waals surface area contributed by atoms with Crippen LogP contribution in [-0.2, 0) is 9.47 Å². The van der Waals surface area contributed by atoms with Gasteiger partial charge in [0.15, 0.2) is 5.79 Å². The second-order valence-electron chi connectivity index (χ2n) is 3.86. The lowest BCUT2D eigenvalue weighted by Gasteiger charge is -2.41. The Labute approximate surface area is 86.0 Å². The Hall–Kier alpha value is -0.590. The quantitative estimate of drug-likeness (QED) is 0.650. The van der Waals surface area contributed by atoms with Crippen LogP contribution in [0.1, 0.15) is 38.5 Å². The fourth-order valence-electron chi connectivity index (χ4n) is 2.41. The Kier molecular flexibility index (Phi) is 4.37. The van der Waals surface area contributed by atoms with Gasteiger partial charge in [-0.3, -0.25) is 0 Å². The highest BCUT2D eigenvalue weighted by Crippen LogP contribution is 2.39. The summed E-state index contributed by atoms with van der Waals surface area (Å²) in [7, 11) is 3.41. The van der Waals surface area contributed by atoms with E-state index in [0.29, 0.717) is 12.3 Å². The van der Waals surface area contributed by atoms with E-state index >= 15 is 0 Å². The van der Waals surface area contributed by atoms with Crippen LogP contribution in [0.15, 0.2) is 0 Å². The number of nitrogens with zero attached hydrogens (tertiary/aromatic N) is 1. The van der Waals surface area contributed by atoms with E-state index in [1.165, 1.54) is 6.42 Å². The Morgan fingerprint density at radius 2 is 2.07 bits per heavy atom. The normalized spacial score (nSPS) is 25.6. The molecule has 1 saturated carbocycles. The van der Waals surface area contributed by atoms with Crippen LogP contribution in [0, 0.1) is 17.2 Å². The molecular weight excluding hydrogens is 178 g/mol. The van der Waals surface area contributed by atoms with Gasteiger partial charge in [0.1, 0.15) is 0 Å². The number of methoxy groups -OCH3 is 2. The van der Waals surface area contributed by atoms with Gasteiger partial charge in [0.25, 0.3) is 0 Å². The molecule has 0 spiro atoms. The minimum absolute atomic E-state index is 0.380. The Bertz CT molecular complexity index is 206. The van der Waals surface area contributed by atoms with Gasteiger partial charge in [0.2, 0.25) is 0 Å². The molecule has 0 radical (unpaired) electrons. The van der Waals surface area contributed by atoms with Gasteiger partial charge in [-0.25, -0.2) is 0 Å². The monoisotopic (exact) mass is 197 g/mol. The van der Waals surface area contributed by atoms with E-state index in [1.807, 2.05) is 0 Å². The number of hydrogen-bond donors (Lipinski definition) is 0. The Balaban J connectivity index is 2.62. The van der Waals surface area contributed by atoms with Crippen molar-refractivity contribution in [2.24, 2.45) is 5.92 Å². The molecule has 0 N–H and O–H groups in total. The Morgan fingerprint density at radius 1 is 1.36 bits per heavy atom.